The van der Waals surface area contributed by atoms with Crippen LogP contribution in [0.4, 0.5) is 0 Å². The number of para-hydroxylation sites is 2. The topological polar surface area (TPSA) is 106 Å². The van der Waals surface area contributed by atoms with Gasteiger partial charge in [-0.1, -0.05) is 17.3 Å². The van der Waals surface area contributed by atoms with Gasteiger partial charge in [-0.05, 0) is 50.2 Å². The van der Waals surface area contributed by atoms with E-state index in [9.17, 15) is 9.59 Å². The zero-order valence-corrected chi connectivity index (χ0v) is 17.0. The molecule has 2 aromatic rings. The van der Waals surface area contributed by atoms with Crippen molar-refractivity contribution in [3.8, 4) is 0 Å². The van der Waals surface area contributed by atoms with Gasteiger partial charge < -0.3 is 19.8 Å². The Kier molecular flexibility index (Phi) is 4.81. The molecule has 1 saturated carbocycles. The van der Waals surface area contributed by atoms with E-state index in [1.807, 2.05) is 28.8 Å². The first-order valence-electron chi connectivity index (χ1n) is 10.7. The zero-order valence-electron chi connectivity index (χ0n) is 17.0. The quantitative estimate of drug-likeness (QED) is 0.536. The van der Waals surface area contributed by atoms with Crippen molar-refractivity contribution in [1.82, 2.24) is 14.9 Å². The number of piperidine rings is 2. The molecule has 158 valence electrons. The maximum atomic E-state index is 13.7. The summed E-state index contributed by atoms with van der Waals surface area (Å²) in [5, 5.41) is 16.9. The van der Waals surface area contributed by atoms with Crippen LogP contribution >= 0.6 is 0 Å². The first-order valence-corrected chi connectivity index (χ1v) is 10.7. The van der Waals surface area contributed by atoms with E-state index in [-0.39, 0.29) is 30.1 Å². The molecule has 3 heterocycles. The fourth-order valence-corrected chi connectivity index (χ4v) is 5.34. The van der Waals surface area contributed by atoms with E-state index in [0.29, 0.717) is 29.9 Å². The Morgan fingerprint density at radius 3 is 2.67 bits per heavy atom. The SMILES string of the molecule is CCO/N=C(\CCC(=O)O)c1nc2ccccc2n(C2CC3NC(C2)C2CC32)c1=O. The molecule has 8 nitrogen and oxygen atoms in total. The molecule has 30 heavy (non-hydrogen) atoms. The Morgan fingerprint density at radius 1 is 1.23 bits per heavy atom. The molecule has 0 spiro atoms. The van der Waals surface area contributed by atoms with Gasteiger partial charge in [0.1, 0.15) is 12.3 Å². The third kappa shape index (κ3) is 3.29. The Morgan fingerprint density at radius 2 is 1.97 bits per heavy atom. The third-order valence-corrected chi connectivity index (χ3v) is 6.72. The minimum Gasteiger partial charge on any atom is -0.481 e. The average Bonchev–Trinajstić information content (AvgIpc) is 3.50. The monoisotopic (exact) mass is 410 g/mol. The van der Waals surface area contributed by atoms with Gasteiger partial charge in [-0.25, -0.2) is 4.98 Å². The van der Waals surface area contributed by atoms with Crippen LogP contribution in [0.25, 0.3) is 11.0 Å². The lowest BCUT2D eigenvalue weighted by atomic mass is 9.94. The highest BCUT2D eigenvalue weighted by atomic mass is 16.6. The summed E-state index contributed by atoms with van der Waals surface area (Å²) in [6.07, 6.45) is 3.13. The van der Waals surface area contributed by atoms with Gasteiger partial charge in [0.05, 0.1) is 17.5 Å². The van der Waals surface area contributed by atoms with E-state index >= 15 is 0 Å². The second kappa shape index (κ2) is 7.50. The number of hydrogen-bond donors (Lipinski definition) is 2. The molecule has 2 saturated heterocycles. The minimum atomic E-state index is -0.950. The fraction of sp³-hybridized carbons (Fsp3) is 0.545. The average molecular weight is 410 g/mol. The third-order valence-electron chi connectivity index (χ3n) is 6.72. The van der Waals surface area contributed by atoms with Crippen molar-refractivity contribution >= 4 is 22.7 Å². The Hall–Kier alpha value is -2.74. The molecule has 4 unspecified atom stereocenters. The predicted octanol–water partition coefficient (Wildman–Crippen LogP) is 2.31. The first-order chi connectivity index (χ1) is 14.6. The lowest BCUT2D eigenvalue weighted by molar-refractivity contribution is -0.136. The summed E-state index contributed by atoms with van der Waals surface area (Å²) in [6.45, 7) is 2.12. The van der Waals surface area contributed by atoms with Crippen LogP contribution in [0.5, 0.6) is 0 Å². The number of nitrogens with zero attached hydrogens (tertiary/aromatic N) is 3. The lowest BCUT2D eigenvalue weighted by Crippen LogP contribution is -2.45. The summed E-state index contributed by atoms with van der Waals surface area (Å²) in [4.78, 5) is 34.6. The zero-order chi connectivity index (χ0) is 20.8. The van der Waals surface area contributed by atoms with Crippen molar-refractivity contribution in [2.24, 2.45) is 17.0 Å². The van der Waals surface area contributed by atoms with Gasteiger partial charge in [-0.15, -0.1) is 0 Å². The molecule has 3 fully saturated rings. The molecule has 0 radical (unpaired) electrons. The van der Waals surface area contributed by atoms with Crippen LogP contribution in [0.15, 0.2) is 34.2 Å². The van der Waals surface area contributed by atoms with E-state index in [2.05, 4.69) is 15.5 Å². The van der Waals surface area contributed by atoms with Crippen LogP contribution < -0.4 is 10.9 Å². The number of aliphatic carboxylic acids is 1. The standard InChI is InChI=1S/C22H26N4O4/c1-2-30-25-16(7-8-20(27)28)21-22(29)26(19-6-4-3-5-15(19)24-21)12-9-17-13-11-14(13)18(10-12)23-17/h3-6,12-14,17-18,23H,2,7-11H2,1H3,(H,27,28)/b25-16+. The number of fused-ring (bicyclic) bond motifs is 6. The number of carboxylic acids is 1. The molecule has 0 amide bonds. The molecule has 2 aliphatic heterocycles. The summed E-state index contributed by atoms with van der Waals surface area (Å²) < 4.78 is 1.88. The second-order valence-electron chi connectivity index (χ2n) is 8.54. The van der Waals surface area contributed by atoms with Crippen molar-refractivity contribution in [3.63, 3.8) is 0 Å². The normalized spacial score (nSPS) is 29.6. The van der Waals surface area contributed by atoms with Gasteiger partial charge in [0.2, 0.25) is 0 Å². The van der Waals surface area contributed by atoms with Crippen molar-refractivity contribution < 1.29 is 14.7 Å². The second-order valence-corrected chi connectivity index (χ2v) is 8.54. The van der Waals surface area contributed by atoms with Gasteiger partial charge in [-0.2, -0.15) is 0 Å². The van der Waals surface area contributed by atoms with Crippen LogP contribution in [-0.2, 0) is 9.63 Å². The largest absolute Gasteiger partial charge is 0.481 e. The van der Waals surface area contributed by atoms with Crippen LogP contribution in [0.3, 0.4) is 0 Å². The van der Waals surface area contributed by atoms with E-state index < -0.39 is 5.97 Å². The van der Waals surface area contributed by atoms with E-state index in [4.69, 9.17) is 9.94 Å². The number of rotatable bonds is 7. The van der Waals surface area contributed by atoms with Crippen LogP contribution in [-0.4, -0.2) is 45.0 Å². The Bertz CT molecular complexity index is 1060. The van der Waals surface area contributed by atoms with Crippen molar-refractivity contribution in [1.29, 1.82) is 0 Å². The van der Waals surface area contributed by atoms with E-state index in [1.54, 1.807) is 6.92 Å². The number of carbonyl (C=O) groups is 1. The summed E-state index contributed by atoms with van der Waals surface area (Å²) >= 11 is 0. The van der Waals surface area contributed by atoms with Crippen molar-refractivity contribution in [2.45, 2.75) is 57.2 Å². The van der Waals surface area contributed by atoms with Crippen LogP contribution in [0, 0.1) is 11.8 Å². The summed E-state index contributed by atoms with van der Waals surface area (Å²) in [6, 6.07) is 8.69. The lowest BCUT2D eigenvalue weighted by Gasteiger charge is -2.33. The molecule has 1 aromatic carbocycles. The molecule has 3 aliphatic rings. The molecule has 1 aliphatic carbocycles. The molecule has 8 heteroatoms. The van der Waals surface area contributed by atoms with E-state index in [1.165, 1.54) is 6.42 Å². The maximum Gasteiger partial charge on any atom is 0.303 e. The minimum absolute atomic E-state index is 0.0948. The van der Waals surface area contributed by atoms with E-state index in [0.717, 1.165) is 30.2 Å². The summed E-state index contributed by atoms with van der Waals surface area (Å²) in [5.74, 6) is 0.567. The van der Waals surface area contributed by atoms with Gasteiger partial charge in [-0.3, -0.25) is 9.59 Å². The molecule has 1 aromatic heterocycles. The van der Waals surface area contributed by atoms with Gasteiger partial charge >= 0.3 is 5.97 Å². The van der Waals surface area contributed by atoms with Gasteiger partial charge in [0, 0.05) is 24.5 Å². The highest BCUT2D eigenvalue weighted by Gasteiger charge is 2.57. The molecule has 4 atom stereocenters. The molecular formula is C22H26N4O4. The van der Waals surface area contributed by atoms with Gasteiger partial charge in [0.15, 0.2) is 5.69 Å². The van der Waals surface area contributed by atoms with Crippen molar-refractivity contribution in [3.05, 3.63) is 40.3 Å². The van der Waals surface area contributed by atoms with Crippen molar-refractivity contribution in [2.75, 3.05) is 6.61 Å². The molecule has 5 rings (SSSR count). The smallest absolute Gasteiger partial charge is 0.303 e. The van der Waals surface area contributed by atoms with Crippen LogP contribution in [0.1, 0.15) is 50.8 Å². The number of oxime groups is 1. The van der Waals surface area contributed by atoms with Gasteiger partial charge in [0.25, 0.3) is 5.56 Å². The number of nitrogens with one attached hydrogen (secondary N) is 1. The maximum absolute atomic E-state index is 13.7. The number of benzene rings is 1. The van der Waals surface area contributed by atoms with Crippen LogP contribution in [0.2, 0.25) is 0 Å². The first kappa shape index (κ1) is 19.2. The number of hydrogen-bond acceptors (Lipinski definition) is 6. The molecule has 2 bridgehead atoms. The molecular weight excluding hydrogens is 384 g/mol. The summed E-state index contributed by atoms with van der Waals surface area (Å²) in [5.41, 5.74) is 1.81. The summed E-state index contributed by atoms with van der Waals surface area (Å²) in [7, 11) is 0. The highest BCUT2D eigenvalue weighted by Crippen LogP contribution is 2.55. The molecule has 2 N–H and O–H groups in total. The number of aromatic nitrogens is 2. The predicted molar refractivity (Wildman–Crippen MR) is 112 cm³/mol. The highest BCUT2D eigenvalue weighted by molar-refractivity contribution is 6.00. The number of carboxylic acid groups (broad SMARTS) is 1. The Labute approximate surface area is 173 Å². The Balaban J connectivity index is 1.60. The fourth-order valence-electron chi connectivity index (χ4n) is 5.34.